The molecule has 0 aromatic rings. The molecule has 0 heterocycles. The van der Waals surface area contributed by atoms with Crippen LogP contribution in [0.3, 0.4) is 0 Å². The number of aliphatic hydroxyl groups is 2. The van der Waals surface area contributed by atoms with Crippen LogP contribution in [0.2, 0.25) is 0 Å². The number of carbonyl (C=O) groups excluding carboxylic acids is 2. The Bertz CT molecular complexity index is 998. The van der Waals surface area contributed by atoms with Gasteiger partial charge in [0, 0.05) is 12.8 Å². The predicted molar refractivity (Wildman–Crippen MR) is 256 cm³/mol. The molecule has 0 radical (unpaired) electrons. The minimum atomic E-state index is -4.63. The zero-order valence-electron chi connectivity index (χ0n) is 40.6. The lowest BCUT2D eigenvalue weighted by Crippen LogP contribution is -2.28. The van der Waals surface area contributed by atoms with Gasteiger partial charge in [0.15, 0.2) is 0 Å². The van der Waals surface area contributed by atoms with Crippen molar-refractivity contribution in [3.8, 4) is 0 Å². The third-order valence-corrected chi connectivity index (χ3v) is 13.0. The SMILES string of the molecule is CCCCCCCCCCCCCCCCCCCCCCC(=O)OC(CO)COP(=O)(O)OCC(CO)OC(=O)CCCCCCCCCCCCCCCCCCCCC. The lowest BCUT2D eigenvalue weighted by molar-refractivity contribution is -0.153. The molecule has 0 saturated heterocycles. The summed E-state index contributed by atoms with van der Waals surface area (Å²) in [6, 6.07) is 0. The quantitative estimate of drug-likeness (QED) is 0.0306. The summed E-state index contributed by atoms with van der Waals surface area (Å²) in [7, 11) is -4.63. The number of aliphatic hydroxyl groups excluding tert-OH is 2. The number of phosphoric acid groups is 1. The van der Waals surface area contributed by atoms with Crippen molar-refractivity contribution in [1.82, 2.24) is 0 Å². The first-order valence-electron chi connectivity index (χ1n) is 26.5. The minimum Gasteiger partial charge on any atom is -0.457 e. The smallest absolute Gasteiger partial charge is 0.457 e. The van der Waals surface area contributed by atoms with E-state index in [0.717, 1.165) is 38.5 Å². The molecule has 0 spiro atoms. The van der Waals surface area contributed by atoms with Gasteiger partial charge < -0.3 is 24.6 Å². The van der Waals surface area contributed by atoms with Gasteiger partial charge in [-0.3, -0.25) is 18.6 Å². The van der Waals surface area contributed by atoms with Crippen molar-refractivity contribution in [3.05, 3.63) is 0 Å². The van der Waals surface area contributed by atoms with Gasteiger partial charge in [-0.1, -0.05) is 251 Å². The van der Waals surface area contributed by atoms with Crippen LogP contribution in [0.15, 0.2) is 0 Å². The number of phosphoric ester groups is 1. The molecule has 3 unspecified atom stereocenters. The summed E-state index contributed by atoms with van der Waals surface area (Å²) in [4.78, 5) is 34.7. The Kier molecular flexibility index (Phi) is 47.1. The molecule has 0 amide bonds. The molecule has 0 aliphatic heterocycles. The monoisotopic (exact) mass is 905 g/mol. The molecule has 370 valence electrons. The minimum absolute atomic E-state index is 0.200. The summed E-state index contributed by atoms with van der Waals surface area (Å²) in [5.41, 5.74) is 0. The van der Waals surface area contributed by atoms with Crippen LogP contribution in [0.4, 0.5) is 0 Å². The Morgan fingerprint density at radius 2 is 0.565 bits per heavy atom. The van der Waals surface area contributed by atoms with E-state index in [1.54, 1.807) is 0 Å². The number of hydrogen-bond donors (Lipinski definition) is 3. The van der Waals surface area contributed by atoms with Crippen molar-refractivity contribution in [2.24, 2.45) is 0 Å². The van der Waals surface area contributed by atoms with Crippen molar-refractivity contribution in [3.63, 3.8) is 0 Å². The largest absolute Gasteiger partial charge is 0.472 e. The highest BCUT2D eigenvalue weighted by Gasteiger charge is 2.27. The maximum Gasteiger partial charge on any atom is 0.472 e. The van der Waals surface area contributed by atoms with Gasteiger partial charge in [-0.25, -0.2) is 4.57 Å². The molecular formula is C51H101O10P. The molecule has 0 rings (SSSR count). The highest BCUT2D eigenvalue weighted by molar-refractivity contribution is 7.47. The molecule has 0 saturated carbocycles. The number of unbranched alkanes of at least 4 members (excludes halogenated alkanes) is 37. The summed E-state index contributed by atoms with van der Waals surface area (Å²) in [6.07, 6.45) is 47.9. The molecule has 0 aromatic heterocycles. The van der Waals surface area contributed by atoms with E-state index in [1.165, 1.54) is 199 Å². The average Bonchev–Trinajstić information content (AvgIpc) is 3.26. The second-order valence-corrected chi connectivity index (χ2v) is 19.7. The highest BCUT2D eigenvalue weighted by atomic mass is 31.2. The van der Waals surface area contributed by atoms with Crippen LogP contribution in [0.1, 0.15) is 277 Å². The first-order chi connectivity index (χ1) is 30.3. The molecule has 3 N–H and O–H groups in total. The summed E-state index contributed by atoms with van der Waals surface area (Å²) in [5.74, 6) is -0.998. The predicted octanol–water partition coefficient (Wildman–Crippen LogP) is 15.0. The molecule has 0 aromatic carbocycles. The van der Waals surface area contributed by atoms with E-state index in [-0.39, 0.29) is 12.8 Å². The van der Waals surface area contributed by atoms with Gasteiger partial charge in [0.1, 0.15) is 12.2 Å². The molecule has 0 aliphatic rings. The lowest BCUT2D eigenvalue weighted by atomic mass is 10.0. The summed E-state index contributed by atoms with van der Waals surface area (Å²) >= 11 is 0. The molecular weight excluding hydrogens is 804 g/mol. The van der Waals surface area contributed by atoms with Gasteiger partial charge >= 0.3 is 19.8 Å². The second kappa shape index (κ2) is 47.9. The van der Waals surface area contributed by atoms with Crippen molar-refractivity contribution in [2.45, 2.75) is 289 Å². The zero-order valence-corrected chi connectivity index (χ0v) is 41.5. The summed E-state index contributed by atoms with van der Waals surface area (Å²) < 4.78 is 32.8. The van der Waals surface area contributed by atoms with Crippen LogP contribution < -0.4 is 0 Å². The molecule has 3 atom stereocenters. The number of ether oxygens (including phenoxy) is 2. The zero-order chi connectivity index (χ0) is 45.5. The number of hydrogen-bond acceptors (Lipinski definition) is 9. The normalized spacial score (nSPS) is 13.6. The Morgan fingerprint density at radius 3 is 0.758 bits per heavy atom. The summed E-state index contributed by atoms with van der Waals surface area (Å²) in [5, 5.41) is 19.3. The number of esters is 2. The van der Waals surface area contributed by atoms with Gasteiger partial charge in [0.25, 0.3) is 0 Å². The van der Waals surface area contributed by atoms with E-state index in [0.29, 0.717) is 12.8 Å². The van der Waals surface area contributed by atoms with Crippen molar-refractivity contribution >= 4 is 19.8 Å². The standard InChI is InChI=1S/C51H101O10P/c1-3-5-7-9-11-13-15-17-19-21-23-25-27-29-31-33-35-37-39-41-43-51(55)61-49(45-53)47-59-62(56,57)58-46-48(44-52)60-50(54)42-40-38-36-34-32-30-28-26-24-22-20-18-16-14-12-10-8-6-4-2/h48-49,52-53H,3-47H2,1-2H3,(H,56,57). The fourth-order valence-corrected chi connectivity index (χ4v) is 8.79. The summed E-state index contributed by atoms with van der Waals surface area (Å²) in [6.45, 7) is 2.29. The molecule has 11 heteroatoms. The fraction of sp³-hybridized carbons (Fsp3) is 0.961. The van der Waals surface area contributed by atoms with Gasteiger partial charge in [-0.2, -0.15) is 0 Å². The van der Waals surface area contributed by atoms with Crippen LogP contribution >= 0.6 is 7.82 Å². The van der Waals surface area contributed by atoms with Gasteiger partial charge in [-0.05, 0) is 12.8 Å². The van der Waals surface area contributed by atoms with E-state index < -0.39 is 58.4 Å². The van der Waals surface area contributed by atoms with Crippen LogP contribution in [0, 0.1) is 0 Å². The highest BCUT2D eigenvalue weighted by Crippen LogP contribution is 2.43. The molecule has 10 nitrogen and oxygen atoms in total. The van der Waals surface area contributed by atoms with E-state index in [9.17, 15) is 29.3 Å². The molecule has 62 heavy (non-hydrogen) atoms. The van der Waals surface area contributed by atoms with Gasteiger partial charge in [0.2, 0.25) is 0 Å². The maximum atomic E-state index is 12.4. The molecule has 0 fully saturated rings. The fourth-order valence-electron chi connectivity index (χ4n) is 8.00. The third-order valence-electron chi connectivity index (χ3n) is 12.1. The van der Waals surface area contributed by atoms with E-state index in [1.807, 2.05) is 0 Å². The molecule has 0 aliphatic carbocycles. The Hall–Kier alpha value is -1.03. The number of carbonyl (C=O) groups is 2. The first kappa shape index (κ1) is 61.0. The van der Waals surface area contributed by atoms with E-state index >= 15 is 0 Å². The van der Waals surface area contributed by atoms with Crippen LogP contribution in [-0.2, 0) is 32.7 Å². The lowest BCUT2D eigenvalue weighted by Gasteiger charge is -2.20. The van der Waals surface area contributed by atoms with Gasteiger partial charge in [-0.15, -0.1) is 0 Å². The maximum absolute atomic E-state index is 12.4. The van der Waals surface area contributed by atoms with Crippen molar-refractivity contribution in [2.75, 3.05) is 26.4 Å². The van der Waals surface area contributed by atoms with Crippen molar-refractivity contribution < 1.29 is 47.8 Å². The van der Waals surface area contributed by atoms with E-state index in [4.69, 9.17) is 18.5 Å². The second-order valence-electron chi connectivity index (χ2n) is 18.2. The number of rotatable bonds is 51. The van der Waals surface area contributed by atoms with E-state index in [2.05, 4.69) is 13.8 Å². The topological polar surface area (TPSA) is 149 Å². The first-order valence-corrected chi connectivity index (χ1v) is 28.0. The van der Waals surface area contributed by atoms with Crippen LogP contribution in [-0.4, -0.2) is 65.7 Å². The Balaban J connectivity index is 3.77. The average molecular weight is 905 g/mol. The van der Waals surface area contributed by atoms with Crippen LogP contribution in [0.5, 0.6) is 0 Å². The molecule has 0 bridgehead atoms. The van der Waals surface area contributed by atoms with Crippen molar-refractivity contribution in [1.29, 1.82) is 0 Å². The van der Waals surface area contributed by atoms with Gasteiger partial charge in [0.05, 0.1) is 26.4 Å². The third kappa shape index (κ3) is 45.5. The Morgan fingerprint density at radius 1 is 0.371 bits per heavy atom. The van der Waals surface area contributed by atoms with Crippen LogP contribution in [0.25, 0.3) is 0 Å². The Labute approximate surface area is 382 Å².